The maximum atomic E-state index is 11.1. The van der Waals surface area contributed by atoms with E-state index in [1.165, 1.54) is 51.0 Å². The van der Waals surface area contributed by atoms with Gasteiger partial charge in [-0.05, 0) is 12.8 Å². The van der Waals surface area contributed by atoms with Gasteiger partial charge in [0.2, 0.25) is 0 Å². The fraction of sp³-hybridized carbons (Fsp3) is 0.625. The van der Waals surface area contributed by atoms with Crippen LogP contribution in [0.15, 0.2) is 23.8 Å². The van der Waals surface area contributed by atoms with Crippen LogP contribution in [0, 0.1) is 0 Å². The monoisotopic (exact) mass is 264 g/mol. The molecule has 3 nitrogen and oxygen atoms in total. The quantitative estimate of drug-likeness (QED) is 0.339. The Balaban J connectivity index is 1.98. The number of carbonyl (C=O) groups is 2. The average molecular weight is 264 g/mol. The van der Waals surface area contributed by atoms with Crippen molar-refractivity contribution in [2.75, 3.05) is 0 Å². The van der Waals surface area contributed by atoms with E-state index in [-0.39, 0.29) is 0 Å². The predicted molar refractivity (Wildman–Crippen MR) is 75.5 cm³/mol. The molecule has 0 amide bonds. The van der Waals surface area contributed by atoms with Crippen LogP contribution in [0.25, 0.3) is 0 Å². The number of allylic oxidation sites excluding steroid dienone is 1. The van der Waals surface area contributed by atoms with Gasteiger partial charge in [0.05, 0.1) is 5.57 Å². The molecule has 0 bridgehead atoms. The lowest BCUT2D eigenvalue weighted by Gasteiger charge is -1.99. The summed E-state index contributed by atoms with van der Waals surface area (Å²) in [5.41, 5.74) is 0.365. The molecule has 0 aromatic heterocycles. The first-order valence-corrected chi connectivity index (χ1v) is 7.38. The molecule has 19 heavy (non-hydrogen) atoms. The van der Waals surface area contributed by atoms with E-state index in [2.05, 4.69) is 11.7 Å². The molecule has 0 saturated heterocycles. The van der Waals surface area contributed by atoms with Gasteiger partial charge in [0.15, 0.2) is 0 Å². The van der Waals surface area contributed by atoms with Crippen LogP contribution < -0.4 is 0 Å². The van der Waals surface area contributed by atoms with Crippen LogP contribution in [0.1, 0.15) is 64.7 Å². The van der Waals surface area contributed by atoms with Crippen molar-refractivity contribution < 1.29 is 14.3 Å². The van der Waals surface area contributed by atoms with E-state index in [0.717, 1.165) is 12.8 Å². The molecule has 0 saturated carbocycles. The van der Waals surface area contributed by atoms with Gasteiger partial charge < -0.3 is 4.74 Å². The van der Waals surface area contributed by atoms with Gasteiger partial charge in [0, 0.05) is 6.08 Å². The zero-order valence-electron chi connectivity index (χ0n) is 11.8. The molecule has 1 rings (SSSR count). The molecule has 1 aliphatic rings. The zero-order chi connectivity index (χ0) is 13.9. The minimum Gasteiger partial charge on any atom is -0.386 e. The number of rotatable bonds is 10. The van der Waals surface area contributed by atoms with Crippen molar-refractivity contribution in [1.82, 2.24) is 0 Å². The number of cyclic esters (lactones) is 2. The van der Waals surface area contributed by atoms with Gasteiger partial charge in [-0.15, -0.1) is 0 Å². The molecule has 0 spiro atoms. The first-order valence-electron chi connectivity index (χ1n) is 7.38. The van der Waals surface area contributed by atoms with Gasteiger partial charge in [-0.2, -0.15) is 0 Å². The first kappa shape index (κ1) is 15.7. The van der Waals surface area contributed by atoms with Crippen molar-refractivity contribution in [3.8, 4) is 0 Å². The molecule has 0 atom stereocenters. The van der Waals surface area contributed by atoms with E-state index >= 15 is 0 Å². The van der Waals surface area contributed by atoms with Crippen molar-refractivity contribution in [2.24, 2.45) is 0 Å². The van der Waals surface area contributed by atoms with Gasteiger partial charge >= 0.3 is 11.9 Å². The van der Waals surface area contributed by atoms with Crippen molar-refractivity contribution in [2.45, 2.75) is 64.7 Å². The third-order valence-electron chi connectivity index (χ3n) is 3.22. The van der Waals surface area contributed by atoms with Crippen LogP contribution >= 0.6 is 0 Å². The normalized spacial score (nSPS) is 15.1. The maximum absolute atomic E-state index is 11.1. The van der Waals surface area contributed by atoms with Crippen molar-refractivity contribution in [3.63, 3.8) is 0 Å². The number of unbranched alkanes of at least 4 members (excludes halogenated alkanes) is 8. The van der Waals surface area contributed by atoms with Gasteiger partial charge in [-0.3, -0.25) is 0 Å². The maximum Gasteiger partial charge on any atom is 0.346 e. The molecular weight excluding hydrogens is 240 g/mol. The predicted octanol–water partition coefficient (Wildman–Crippen LogP) is 4.08. The summed E-state index contributed by atoms with van der Waals surface area (Å²) in [5.74, 6) is -1.09. The lowest BCUT2D eigenvalue weighted by atomic mass is 10.1. The number of hydrogen-bond acceptors (Lipinski definition) is 3. The van der Waals surface area contributed by atoms with Gasteiger partial charge in [0.25, 0.3) is 0 Å². The topological polar surface area (TPSA) is 43.4 Å². The highest BCUT2D eigenvalue weighted by Gasteiger charge is 2.20. The summed E-state index contributed by atoms with van der Waals surface area (Å²) in [4.78, 5) is 21.9. The molecule has 3 heteroatoms. The highest BCUT2D eigenvalue weighted by Crippen LogP contribution is 2.12. The standard InChI is InChI=1S/C16H24O3/c1-2-3-4-5-6-7-8-9-10-11-12-14-13-15(17)19-16(14)18/h11-13H,2-10H2,1H3/b12-11+. The largest absolute Gasteiger partial charge is 0.386 e. The van der Waals surface area contributed by atoms with Crippen molar-refractivity contribution in [3.05, 3.63) is 23.8 Å². The van der Waals surface area contributed by atoms with Crippen molar-refractivity contribution in [1.29, 1.82) is 0 Å². The van der Waals surface area contributed by atoms with E-state index in [4.69, 9.17) is 0 Å². The summed E-state index contributed by atoms with van der Waals surface area (Å²) in [7, 11) is 0. The SMILES string of the molecule is CCCCCCCCCC/C=C/C1=CC(=O)OC1=O. The van der Waals surface area contributed by atoms with Gasteiger partial charge in [0.1, 0.15) is 0 Å². The van der Waals surface area contributed by atoms with Crippen LogP contribution in [-0.2, 0) is 14.3 Å². The summed E-state index contributed by atoms with van der Waals surface area (Å²) in [6.07, 6.45) is 16.2. The Kier molecular flexibility index (Phi) is 7.87. The molecule has 0 aliphatic carbocycles. The molecule has 0 N–H and O–H groups in total. The second-order valence-corrected chi connectivity index (χ2v) is 4.97. The highest BCUT2D eigenvalue weighted by atomic mass is 16.6. The summed E-state index contributed by atoms with van der Waals surface area (Å²) in [6.45, 7) is 2.23. The second kappa shape index (κ2) is 9.54. The molecule has 0 aromatic rings. The lowest BCUT2D eigenvalue weighted by Crippen LogP contribution is -2.00. The smallest absolute Gasteiger partial charge is 0.346 e. The molecule has 0 unspecified atom stereocenters. The van der Waals surface area contributed by atoms with Gasteiger partial charge in [-0.1, -0.05) is 64.0 Å². The summed E-state index contributed by atoms with van der Waals surface area (Å²) in [6, 6.07) is 0. The Morgan fingerprint density at radius 1 is 1.00 bits per heavy atom. The fourth-order valence-electron chi connectivity index (χ4n) is 2.09. The second-order valence-electron chi connectivity index (χ2n) is 4.97. The zero-order valence-corrected chi connectivity index (χ0v) is 11.8. The molecular formula is C16H24O3. The molecule has 0 aromatic carbocycles. The van der Waals surface area contributed by atoms with Crippen LogP contribution in [0.4, 0.5) is 0 Å². The summed E-state index contributed by atoms with van der Waals surface area (Å²) >= 11 is 0. The van der Waals surface area contributed by atoms with Gasteiger partial charge in [-0.25, -0.2) is 9.59 Å². The molecule has 0 fully saturated rings. The number of carbonyl (C=O) groups excluding carboxylic acids is 2. The Morgan fingerprint density at radius 3 is 2.21 bits per heavy atom. The van der Waals surface area contributed by atoms with E-state index < -0.39 is 11.9 Å². The number of esters is 2. The first-order chi connectivity index (χ1) is 9.24. The number of ether oxygens (including phenoxy) is 1. The minimum atomic E-state index is -0.559. The highest BCUT2D eigenvalue weighted by molar-refractivity contribution is 6.10. The minimum absolute atomic E-state index is 0.365. The van der Waals surface area contributed by atoms with Crippen LogP contribution in [0.5, 0.6) is 0 Å². The summed E-state index contributed by atoms with van der Waals surface area (Å²) < 4.78 is 4.39. The molecule has 1 heterocycles. The molecule has 0 radical (unpaired) electrons. The summed E-state index contributed by atoms with van der Waals surface area (Å²) in [5, 5.41) is 0. The van der Waals surface area contributed by atoms with E-state index in [1.807, 2.05) is 6.08 Å². The van der Waals surface area contributed by atoms with Crippen LogP contribution in [0.2, 0.25) is 0 Å². The Labute approximate surface area is 115 Å². The Morgan fingerprint density at radius 2 is 1.63 bits per heavy atom. The third kappa shape index (κ3) is 6.94. The Bertz CT molecular complexity index is 353. The third-order valence-corrected chi connectivity index (χ3v) is 3.22. The molecule has 106 valence electrons. The average Bonchev–Trinajstić information content (AvgIpc) is 2.70. The van der Waals surface area contributed by atoms with Crippen LogP contribution in [0.3, 0.4) is 0 Å². The molecule has 1 aliphatic heterocycles. The van der Waals surface area contributed by atoms with Crippen LogP contribution in [-0.4, -0.2) is 11.9 Å². The van der Waals surface area contributed by atoms with E-state index in [0.29, 0.717) is 5.57 Å². The number of hydrogen-bond donors (Lipinski definition) is 0. The lowest BCUT2D eigenvalue weighted by molar-refractivity contribution is -0.150. The van der Waals surface area contributed by atoms with E-state index in [1.54, 1.807) is 6.08 Å². The fourth-order valence-corrected chi connectivity index (χ4v) is 2.09. The van der Waals surface area contributed by atoms with E-state index in [9.17, 15) is 9.59 Å². The Hall–Kier alpha value is -1.38. The van der Waals surface area contributed by atoms with Crippen molar-refractivity contribution >= 4 is 11.9 Å².